The van der Waals surface area contributed by atoms with Crippen molar-refractivity contribution in [3.05, 3.63) is 101 Å². The normalized spacial score (nSPS) is 18.4. The zero-order valence-corrected chi connectivity index (χ0v) is 20.8. The molecule has 0 spiro atoms. The van der Waals surface area contributed by atoms with Gasteiger partial charge in [-0.05, 0) is 54.8 Å². The Morgan fingerprint density at radius 3 is 2.35 bits per heavy atom. The summed E-state index contributed by atoms with van der Waals surface area (Å²) >= 11 is 3.29. The first-order valence-electron chi connectivity index (χ1n) is 11.1. The molecule has 1 N–H and O–H groups in total. The number of ether oxygens (including phenoxy) is 1. The van der Waals surface area contributed by atoms with Gasteiger partial charge in [0.05, 0.1) is 5.70 Å². The fraction of sp³-hybridized carbons (Fsp3) is 0.185. The number of nitrogens with one attached hydrogen (secondary N) is 1. The number of rotatable bonds is 4. The van der Waals surface area contributed by atoms with Crippen LogP contribution in [0, 0.1) is 6.92 Å². The lowest BCUT2D eigenvalue weighted by atomic mass is 9.84. The molecule has 0 fully saturated rings. The minimum Gasteiger partial charge on any atom is -0.480 e. The van der Waals surface area contributed by atoms with E-state index < -0.39 is 0 Å². The van der Waals surface area contributed by atoms with Crippen molar-refractivity contribution in [2.75, 3.05) is 17.8 Å². The van der Waals surface area contributed by atoms with Crippen molar-refractivity contribution in [3.63, 3.8) is 0 Å². The minimum atomic E-state index is -0.255. The highest BCUT2D eigenvalue weighted by Crippen LogP contribution is 2.50. The smallest absolute Gasteiger partial charge is 0.227 e. The zero-order valence-electron chi connectivity index (χ0n) is 19.1. The molecule has 0 saturated carbocycles. The molecule has 3 aromatic carbocycles. The summed E-state index contributed by atoms with van der Waals surface area (Å²) in [6, 6.07) is 25.4. The summed E-state index contributed by atoms with van der Waals surface area (Å²) in [5, 5.41) is 9.22. The van der Waals surface area contributed by atoms with Crippen molar-refractivity contribution >= 4 is 35.2 Å². The number of thioether (sulfide) groups is 2. The van der Waals surface area contributed by atoms with Crippen LogP contribution in [-0.4, -0.2) is 27.3 Å². The van der Waals surface area contributed by atoms with Gasteiger partial charge in [0.25, 0.3) is 0 Å². The van der Waals surface area contributed by atoms with Crippen molar-refractivity contribution in [3.8, 4) is 5.75 Å². The Labute approximate surface area is 207 Å². The number of fused-ring (bicyclic) bond motifs is 3. The Bertz CT molecular complexity index is 1390. The molecule has 1 aromatic heterocycles. The second kappa shape index (κ2) is 8.56. The van der Waals surface area contributed by atoms with Crippen LogP contribution in [0.4, 0.5) is 5.95 Å². The molecule has 2 aliphatic rings. The third kappa shape index (κ3) is 3.51. The lowest BCUT2D eigenvalue weighted by molar-refractivity contribution is 0.223. The van der Waals surface area contributed by atoms with Crippen LogP contribution in [0.5, 0.6) is 5.75 Å². The van der Waals surface area contributed by atoms with Crippen molar-refractivity contribution < 1.29 is 4.74 Å². The van der Waals surface area contributed by atoms with Crippen molar-refractivity contribution in [2.24, 2.45) is 0 Å². The first-order chi connectivity index (χ1) is 16.7. The lowest BCUT2D eigenvalue weighted by Gasteiger charge is -2.39. The van der Waals surface area contributed by atoms with E-state index in [1.54, 1.807) is 23.5 Å². The van der Waals surface area contributed by atoms with Crippen LogP contribution in [0.25, 0.3) is 5.70 Å². The highest BCUT2D eigenvalue weighted by molar-refractivity contribution is 7.98. The first-order valence-corrected chi connectivity index (χ1v) is 13.6. The summed E-state index contributed by atoms with van der Waals surface area (Å²) in [4.78, 5) is 6.00. The molecule has 3 heterocycles. The summed E-state index contributed by atoms with van der Waals surface area (Å²) in [7, 11) is 0. The van der Waals surface area contributed by atoms with Crippen LogP contribution in [0.15, 0.2) is 88.4 Å². The van der Waals surface area contributed by atoms with E-state index >= 15 is 0 Å². The molecular weight excluding hydrogens is 460 g/mol. The maximum absolute atomic E-state index is 6.71. The summed E-state index contributed by atoms with van der Waals surface area (Å²) in [5.74, 6) is 1.62. The van der Waals surface area contributed by atoms with Crippen molar-refractivity contribution in [1.82, 2.24) is 14.8 Å². The predicted molar refractivity (Wildman–Crippen MR) is 140 cm³/mol. The maximum Gasteiger partial charge on any atom is 0.227 e. The second-order valence-corrected chi connectivity index (χ2v) is 10.1. The highest BCUT2D eigenvalue weighted by Gasteiger charge is 2.41. The van der Waals surface area contributed by atoms with Gasteiger partial charge < -0.3 is 10.1 Å². The molecular formula is C27H24N4OS2. The molecule has 0 bridgehead atoms. The topological polar surface area (TPSA) is 52.0 Å². The van der Waals surface area contributed by atoms with Gasteiger partial charge in [0.1, 0.15) is 17.9 Å². The zero-order chi connectivity index (χ0) is 23.2. The van der Waals surface area contributed by atoms with Gasteiger partial charge in [-0.3, -0.25) is 0 Å². The van der Waals surface area contributed by atoms with Gasteiger partial charge in [-0.15, -0.1) is 16.9 Å². The second-order valence-electron chi connectivity index (χ2n) is 8.40. The van der Waals surface area contributed by atoms with Gasteiger partial charge in [0, 0.05) is 16.0 Å². The number of hydrogen-bond donors (Lipinski definition) is 1. The van der Waals surface area contributed by atoms with Crippen LogP contribution in [0.1, 0.15) is 34.4 Å². The van der Waals surface area contributed by atoms with Crippen LogP contribution in [0.3, 0.4) is 0 Å². The van der Waals surface area contributed by atoms with E-state index in [2.05, 4.69) is 79.2 Å². The molecule has 0 unspecified atom stereocenters. The number of hydrogen-bond acceptors (Lipinski definition) is 6. The van der Waals surface area contributed by atoms with Crippen LogP contribution >= 0.6 is 23.5 Å². The quantitative estimate of drug-likeness (QED) is 0.330. The molecule has 0 radical (unpaired) electrons. The molecule has 2 aliphatic heterocycles. The fourth-order valence-electron chi connectivity index (χ4n) is 4.67. The standard InChI is InChI=1S/C27H24N4OS2/c1-16-8-10-17(11-9-16)24-22-23(28-26-29-27(34-3)30-31(24)26)20-6-4-5-7-21(20)32-25(22)18-12-14-19(33-2)15-13-18/h4-15,24-25H,1-3H3,(H,28,29,30)/t24-,25+/m0/s1. The predicted octanol–water partition coefficient (Wildman–Crippen LogP) is 6.59. The van der Waals surface area contributed by atoms with E-state index in [0.29, 0.717) is 0 Å². The van der Waals surface area contributed by atoms with Gasteiger partial charge in [-0.2, -0.15) is 4.98 Å². The Balaban J connectivity index is 1.60. The molecule has 6 rings (SSSR count). The van der Waals surface area contributed by atoms with E-state index in [-0.39, 0.29) is 12.1 Å². The van der Waals surface area contributed by atoms with Gasteiger partial charge in [0.15, 0.2) is 0 Å². The molecule has 0 amide bonds. The van der Waals surface area contributed by atoms with E-state index in [4.69, 9.17) is 14.8 Å². The molecule has 170 valence electrons. The summed E-state index contributed by atoms with van der Waals surface area (Å²) in [6.45, 7) is 2.11. The molecule has 0 aliphatic carbocycles. The molecule has 4 aromatic rings. The van der Waals surface area contributed by atoms with E-state index in [9.17, 15) is 0 Å². The van der Waals surface area contributed by atoms with Gasteiger partial charge in [-0.25, -0.2) is 4.68 Å². The van der Waals surface area contributed by atoms with E-state index in [0.717, 1.165) is 44.8 Å². The monoisotopic (exact) mass is 484 g/mol. The number of aromatic nitrogens is 3. The Morgan fingerprint density at radius 2 is 1.62 bits per heavy atom. The Morgan fingerprint density at radius 1 is 0.882 bits per heavy atom. The maximum atomic E-state index is 6.71. The van der Waals surface area contributed by atoms with Crippen molar-refractivity contribution in [1.29, 1.82) is 0 Å². The molecule has 7 heteroatoms. The number of para-hydroxylation sites is 1. The van der Waals surface area contributed by atoms with Gasteiger partial charge in [-0.1, -0.05) is 65.9 Å². The largest absolute Gasteiger partial charge is 0.480 e. The number of nitrogens with zero attached hydrogens (tertiary/aromatic N) is 3. The third-order valence-electron chi connectivity index (χ3n) is 6.35. The summed E-state index contributed by atoms with van der Waals surface area (Å²) in [5.41, 5.74) is 6.75. The number of benzene rings is 3. The minimum absolute atomic E-state index is 0.140. The molecule has 5 nitrogen and oxygen atoms in total. The SMILES string of the molecule is CSc1ccc([C@H]2Oc3ccccc3C3=C2[C@H](c2ccc(C)cc2)n2nc(SC)nc2N3)cc1. The van der Waals surface area contributed by atoms with Gasteiger partial charge >= 0.3 is 0 Å². The molecule has 2 atom stereocenters. The van der Waals surface area contributed by atoms with Gasteiger partial charge in [0.2, 0.25) is 11.1 Å². The van der Waals surface area contributed by atoms with Crippen LogP contribution < -0.4 is 10.1 Å². The average molecular weight is 485 g/mol. The molecule has 0 saturated heterocycles. The van der Waals surface area contributed by atoms with Crippen molar-refractivity contribution in [2.45, 2.75) is 29.1 Å². The summed E-state index contributed by atoms with van der Waals surface area (Å²) < 4.78 is 8.72. The van der Waals surface area contributed by atoms with E-state index in [1.807, 2.05) is 23.1 Å². The first kappa shape index (κ1) is 21.4. The molecule has 34 heavy (non-hydrogen) atoms. The average Bonchev–Trinajstić information content (AvgIpc) is 3.30. The van der Waals surface area contributed by atoms with E-state index in [1.165, 1.54) is 10.5 Å². The fourth-order valence-corrected chi connectivity index (χ4v) is 5.42. The van der Waals surface area contributed by atoms with Crippen LogP contribution in [0.2, 0.25) is 0 Å². The highest BCUT2D eigenvalue weighted by atomic mass is 32.2. The Kier molecular flexibility index (Phi) is 5.38. The third-order valence-corrected chi connectivity index (χ3v) is 7.64. The Hall–Kier alpha value is -3.16. The lowest BCUT2D eigenvalue weighted by Crippen LogP contribution is -2.32. The van der Waals surface area contributed by atoms with Crippen LogP contribution in [-0.2, 0) is 0 Å². The number of aryl methyl sites for hydroxylation is 1. The number of anilines is 1. The summed E-state index contributed by atoms with van der Waals surface area (Å²) in [6.07, 6.45) is 3.84.